The Morgan fingerprint density at radius 1 is 0.565 bits per heavy atom. The standard InChI is InChI=1S/C46H54N8O8/c1-25-15-31(43-49-45(61-51-43)33-19-29(5)47-37(21-33)53-11-7-8-12-53)16-26(2)40(25)59-24-36(57)39(58)42(35(56)23-55)60-41-27(3)17-32(18-28(41)4)44-50-46(62-52-44)34-20-30(6)48-38(22-34)54-13-9-10-14-54/h15-22,35-36,39,42,55-58H,7-14,23-24H2,1-6H3. The van der Waals surface area contributed by atoms with E-state index in [9.17, 15) is 20.4 Å². The summed E-state index contributed by atoms with van der Waals surface area (Å²) in [5, 5.41) is 51.9. The molecule has 4 N–H and O–H groups in total. The van der Waals surface area contributed by atoms with E-state index < -0.39 is 31.0 Å². The lowest BCUT2D eigenvalue weighted by atomic mass is 10.0. The van der Waals surface area contributed by atoms with Crippen LogP contribution in [-0.2, 0) is 0 Å². The fraction of sp³-hybridized carbons (Fsp3) is 0.435. The molecular weight excluding hydrogens is 793 g/mol. The molecule has 4 unspecified atom stereocenters. The minimum Gasteiger partial charge on any atom is -0.490 e. The van der Waals surface area contributed by atoms with E-state index in [-0.39, 0.29) is 6.61 Å². The number of ether oxygens (including phenoxy) is 2. The molecule has 2 aromatic carbocycles. The smallest absolute Gasteiger partial charge is 0.258 e. The molecule has 0 aliphatic carbocycles. The first-order valence-electron chi connectivity index (χ1n) is 21.2. The van der Waals surface area contributed by atoms with Crippen LogP contribution in [0.3, 0.4) is 0 Å². The van der Waals surface area contributed by atoms with Crippen molar-refractivity contribution in [1.29, 1.82) is 0 Å². The van der Waals surface area contributed by atoms with E-state index in [4.69, 9.17) is 38.5 Å². The van der Waals surface area contributed by atoms with Crippen molar-refractivity contribution in [2.45, 2.75) is 91.6 Å². The summed E-state index contributed by atoms with van der Waals surface area (Å²) < 4.78 is 23.7. The molecule has 16 nitrogen and oxygen atoms in total. The predicted molar refractivity (Wildman–Crippen MR) is 232 cm³/mol. The predicted octanol–water partition coefficient (Wildman–Crippen LogP) is 5.86. The van der Waals surface area contributed by atoms with Gasteiger partial charge < -0.3 is 48.7 Å². The number of rotatable bonds is 15. The molecule has 0 bridgehead atoms. The van der Waals surface area contributed by atoms with E-state index in [2.05, 4.69) is 20.1 Å². The second-order valence-corrected chi connectivity index (χ2v) is 16.5. The number of hydrogen-bond donors (Lipinski definition) is 4. The molecule has 2 aliphatic heterocycles. The number of pyridine rings is 2. The zero-order chi connectivity index (χ0) is 43.7. The Kier molecular flexibility index (Phi) is 12.5. The molecule has 62 heavy (non-hydrogen) atoms. The van der Waals surface area contributed by atoms with Crippen LogP contribution in [0.5, 0.6) is 11.5 Å². The van der Waals surface area contributed by atoms with Crippen LogP contribution in [0, 0.1) is 41.5 Å². The molecule has 2 aliphatic rings. The van der Waals surface area contributed by atoms with Crippen LogP contribution in [0.4, 0.5) is 11.6 Å². The zero-order valence-corrected chi connectivity index (χ0v) is 36.0. The molecule has 6 aromatic rings. The third-order valence-corrected chi connectivity index (χ3v) is 11.5. The van der Waals surface area contributed by atoms with Crippen molar-refractivity contribution in [1.82, 2.24) is 30.2 Å². The Morgan fingerprint density at radius 3 is 1.44 bits per heavy atom. The van der Waals surface area contributed by atoms with Crippen molar-refractivity contribution in [3.63, 3.8) is 0 Å². The van der Waals surface area contributed by atoms with Crippen molar-refractivity contribution < 1.29 is 38.9 Å². The van der Waals surface area contributed by atoms with Crippen LogP contribution in [0.15, 0.2) is 57.6 Å². The Labute approximate surface area is 360 Å². The molecule has 4 atom stereocenters. The van der Waals surface area contributed by atoms with Gasteiger partial charge in [0.25, 0.3) is 11.8 Å². The lowest BCUT2D eigenvalue weighted by Crippen LogP contribution is -2.51. The summed E-state index contributed by atoms with van der Waals surface area (Å²) >= 11 is 0. The third kappa shape index (κ3) is 9.14. The number of nitrogens with zero attached hydrogens (tertiary/aromatic N) is 8. The fourth-order valence-electron chi connectivity index (χ4n) is 8.36. The topological polar surface area (TPSA) is 209 Å². The lowest BCUT2D eigenvalue weighted by Gasteiger charge is -2.31. The van der Waals surface area contributed by atoms with Gasteiger partial charge in [0, 0.05) is 59.8 Å². The van der Waals surface area contributed by atoms with Gasteiger partial charge in [-0.1, -0.05) is 10.3 Å². The van der Waals surface area contributed by atoms with Gasteiger partial charge in [-0.3, -0.25) is 0 Å². The number of aliphatic hydroxyl groups excluding tert-OH is 4. The van der Waals surface area contributed by atoms with Crippen molar-refractivity contribution in [2.24, 2.45) is 0 Å². The summed E-state index contributed by atoms with van der Waals surface area (Å²) in [5.41, 5.74) is 7.50. The van der Waals surface area contributed by atoms with E-state index in [0.29, 0.717) is 51.6 Å². The van der Waals surface area contributed by atoms with Crippen molar-refractivity contribution >= 4 is 11.6 Å². The molecular formula is C46H54N8O8. The number of aromatic nitrogens is 6. The summed E-state index contributed by atoms with van der Waals surface area (Å²) in [4.78, 5) is 23.3. The fourth-order valence-corrected chi connectivity index (χ4v) is 8.36. The molecule has 4 aromatic heterocycles. The van der Waals surface area contributed by atoms with Crippen molar-refractivity contribution in [2.75, 3.05) is 49.2 Å². The minimum absolute atomic E-state index is 0.332. The average molecular weight is 847 g/mol. The molecule has 0 amide bonds. The highest BCUT2D eigenvalue weighted by Gasteiger charge is 2.35. The molecule has 0 spiro atoms. The van der Waals surface area contributed by atoms with Crippen LogP contribution in [0.1, 0.15) is 59.3 Å². The van der Waals surface area contributed by atoms with Gasteiger partial charge in [0.2, 0.25) is 11.6 Å². The number of anilines is 2. The van der Waals surface area contributed by atoms with E-state index >= 15 is 0 Å². The van der Waals surface area contributed by atoms with Crippen LogP contribution < -0.4 is 19.3 Å². The molecule has 2 saturated heterocycles. The Morgan fingerprint density at radius 2 is 1.00 bits per heavy atom. The normalized spacial score (nSPS) is 16.2. The molecule has 326 valence electrons. The number of aliphatic hydroxyl groups is 4. The van der Waals surface area contributed by atoms with Crippen molar-refractivity contribution in [3.8, 4) is 57.2 Å². The van der Waals surface area contributed by atoms with Gasteiger partial charge in [0.05, 0.1) is 6.61 Å². The first-order chi connectivity index (χ1) is 29.8. The second-order valence-electron chi connectivity index (χ2n) is 16.5. The van der Waals surface area contributed by atoms with E-state index in [0.717, 1.165) is 103 Å². The van der Waals surface area contributed by atoms with Gasteiger partial charge in [-0.2, -0.15) is 9.97 Å². The van der Waals surface area contributed by atoms with Gasteiger partial charge in [-0.15, -0.1) is 0 Å². The highest BCUT2D eigenvalue weighted by atomic mass is 16.5. The van der Waals surface area contributed by atoms with Crippen LogP contribution in [0.2, 0.25) is 0 Å². The van der Waals surface area contributed by atoms with Gasteiger partial charge in [-0.25, -0.2) is 9.97 Å². The van der Waals surface area contributed by atoms with Crippen LogP contribution in [0.25, 0.3) is 45.7 Å². The Balaban J connectivity index is 0.934. The molecule has 8 rings (SSSR count). The Bertz CT molecular complexity index is 2480. The van der Waals surface area contributed by atoms with Gasteiger partial charge in [-0.05, 0) is 138 Å². The number of benzene rings is 2. The third-order valence-electron chi connectivity index (χ3n) is 11.5. The number of aryl methyl sites for hydroxylation is 6. The lowest BCUT2D eigenvalue weighted by molar-refractivity contribution is -0.111. The van der Waals surface area contributed by atoms with Gasteiger partial charge in [0.15, 0.2) is 6.10 Å². The summed E-state index contributed by atoms with van der Waals surface area (Å²) in [6, 6.07) is 15.2. The summed E-state index contributed by atoms with van der Waals surface area (Å²) in [6.07, 6.45) is -1.54. The van der Waals surface area contributed by atoms with Crippen LogP contribution in [-0.4, -0.2) is 114 Å². The van der Waals surface area contributed by atoms with Gasteiger partial charge >= 0.3 is 0 Å². The van der Waals surface area contributed by atoms with E-state index in [1.807, 2.05) is 90.1 Å². The quantitative estimate of drug-likeness (QED) is 0.0954. The first kappa shape index (κ1) is 42.7. The maximum atomic E-state index is 11.4. The van der Waals surface area contributed by atoms with E-state index in [1.54, 1.807) is 0 Å². The minimum atomic E-state index is -1.65. The maximum absolute atomic E-state index is 11.4. The largest absolute Gasteiger partial charge is 0.490 e. The molecule has 0 saturated carbocycles. The molecule has 16 heteroatoms. The molecule has 0 radical (unpaired) electrons. The summed E-state index contributed by atoms with van der Waals surface area (Å²) in [6.45, 7) is 14.1. The zero-order valence-electron chi connectivity index (χ0n) is 36.0. The Hall–Kier alpha value is -5.94. The first-order valence-corrected chi connectivity index (χ1v) is 21.2. The van der Waals surface area contributed by atoms with Crippen molar-refractivity contribution in [3.05, 3.63) is 82.2 Å². The SMILES string of the molecule is Cc1cc(-c2nc(-c3cc(C)c(OCC(O)C(O)C(Oc4c(C)cc(-c5noc(-c6cc(C)nc(N7CCCC7)c6)n5)cc4C)C(O)CO)c(C)c3)no2)cc(N2CCCC2)n1. The number of hydrogen-bond acceptors (Lipinski definition) is 16. The van der Waals surface area contributed by atoms with E-state index in [1.165, 1.54) is 0 Å². The average Bonchev–Trinajstić information content (AvgIpc) is 4.10. The summed E-state index contributed by atoms with van der Waals surface area (Å²) in [5.74, 6) is 4.21. The molecule has 2 fully saturated rings. The monoisotopic (exact) mass is 846 g/mol. The summed E-state index contributed by atoms with van der Waals surface area (Å²) in [7, 11) is 0. The second kappa shape index (κ2) is 18.2. The highest BCUT2D eigenvalue weighted by Crippen LogP contribution is 2.35. The molecule has 6 heterocycles. The van der Waals surface area contributed by atoms with Gasteiger partial charge in [0.1, 0.15) is 48.1 Å². The van der Waals surface area contributed by atoms with Crippen LogP contribution >= 0.6 is 0 Å². The maximum Gasteiger partial charge on any atom is 0.258 e. The highest BCUT2D eigenvalue weighted by molar-refractivity contribution is 5.67.